The second-order valence-electron chi connectivity index (χ2n) is 7.33. The van der Waals surface area contributed by atoms with Crippen LogP contribution in [0.4, 0.5) is 5.69 Å². The molecule has 0 unspecified atom stereocenters. The van der Waals surface area contributed by atoms with Crippen LogP contribution in [0, 0.1) is 0 Å². The summed E-state index contributed by atoms with van der Waals surface area (Å²) >= 11 is 0. The molecule has 0 aromatic heterocycles. The third-order valence-electron chi connectivity index (χ3n) is 5.24. The highest BCUT2D eigenvalue weighted by atomic mass is 16.5. The number of ether oxygens (including phenoxy) is 2. The molecule has 0 spiro atoms. The molecule has 160 valence electrons. The number of carboxylic acids is 1. The summed E-state index contributed by atoms with van der Waals surface area (Å²) in [5, 5.41) is 9.03. The van der Waals surface area contributed by atoms with Gasteiger partial charge in [0, 0.05) is 11.8 Å². The fraction of sp³-hybridized carbons (Fsp3) is 0.231. The first kappa shape index (κ1) is 22.1. The zero-order chi connectivity index (χ0) is 22.2. The number of methoxy groups -OCH3 is 1. The summed E-state index contributed by atoms with van der Waals surface area (Å²) in [5.41, 5.74) is 4.08. The lowest BCUT2D eigenvalue weighted by Crippen LogP contribution is -2.02. The van der Waals surface area contributed by atoms with Crippen molar-refractivity contribution >= 4 is 17.9 Å². The molecule has 0 aliphatic heterocycles. The van der Waals surface area contributed by atoms with Crippen molar-refractivity contribution in [2.45, 2.75) is 32.8 Å². The van der Waals surface area contributed by atoms with Crippen LogP contribution in [0.25, 0.3) is 0 Å². The molecule has 1 atom stereocenters. The maximum atomic E-state index is 11.0. The molecule has 0 saturated carbocycles. The quantitative estimate of drug-likeness (QED) is 0.419. The molecule has 0 heterocycles. The lowest BCUT2D eigenvalue weighted by atomic mass is 9.99. The number of rotatable bonds is 9. The molecule has 3 rings (SSSR count). The Bertz CT molecular complexity index is 1040. The van der Waals surface area contributed by atoms with Gasteiger partial charge in [-0.25, -0.2) is 4.79 Å². The van der Waals surface area contributed by atoms with E-state index in [9.17, 15) is 4.79 Å². The van der Waals surface area contributed by atoms with E-state index >= 15 is 0 Å². The smallest absolute Gasteiger partial charge is 0.335 e. The molecule has 0 fully saturated rings. The van der Waals surface area contributed by atoms with Crippen molar-refractivity contribution < 1.29 is 19.4 Å². The number of nitrogens with zero attached hydrogens (tertiary/aromatic N) is 1. The van der Waals surface area contributed by atoms with Crippen molar-refractivity contribution in [1.82, 2.24) is 0 Å². The number of para-hydroxylation sites is 1. The maximum absolute atomic E-state index is 11.0. The van der Waals surface area contributed by atoms with Crippen molar-refractivity contribution in [3.05, 3.63) is 89.0 Å². The molecule has 0 bridgehead atoms. The molecule has 31 heavy (non-hydrogen) atoms. The zero-order valence-corrected chi connectivity index (χ0v) is 18.0. The van der Waals surface area contributed by atoms with Gasteiger partial charge in [-0.3, -0.25) is 4.99 Å². The Kier molecular flexibility index (Phi) is 7.44. The van der Waals surface area contributed by atoms with Crippen LogP contribution in [0.2, 0.25) is 0 Å². The first-order valence-electron chi connectivity index (χ1n) is 10.3. The minimum absolute atomic E-state index is 0.244. The minimum Gasteiger partial charge on any atom is -0.493 e. The van der Waals surface area contributed by atoms with Crippen LogP contribution in [0.1, 0.15) is 53.2 Å². The molecule has 1 N–H and O–H groups in total. The van der Waals surface area contributed by atoms with E-state index in [1.165, 1.54) is 5.56 Å². The van der Waals surface area contributed by atoms with Gasteiger partial charge in [-0.2, -0.15) is 0 Å². The molecular formula is C26H27NO4. The van der Waals surface area contributed by atoms with Crippen LogP contribution in [0.15, 0.2) is 71.7 Å². The predicted octanol–water partition coefficient (Wildman–Crippen LogP) is 6.24. The molecular weight excluding hydrogens is 390 g/mol. The molecule has 0 aliphatic rings. The van der Waals surface area contributed by atoms with E-state index < -0.39 is 5.97 Å². The van der Waals surface area contributed by atoms with Gasteiger partial charge in [0.2, 0.25) is 0 Å². The van der Waals surface area contributed by atoms with Crippen LogP contribution < -0.4 is 9.47 Å². The second-order valence-corrected chi connectivity index (χ2v) is 7.33. The van der Waals surface area contributed by atoms with Gasteiger partial charge in [0.1, 0.15) is 6.61 Å². The number of aliphatic imine (C=N–C) groups is 1. The topological polar surface area (TPSA) is 68.1 Å². The van der Waals surface area contributed by atoms with Gasteiger partial charge in [-0.15, -0.1) is 0 Å². The zero-order valence-electron chi connectivity index (χ0n) is 18.0. The molecule has 0 aliphatic carbocycles. The average molecular weight is 418 g/mol. The van der Waals surface area contributed by atoms with Gasteiger partial charge in [-0.05, 0) is 59.9 Å². The van der Waals surface area contributed by atoms with Crippen molar-refractivity contribution in [3.8, 4) is 11.5 Å². The number of hydrogen-bond acceptors (Lipinski definition) is 4. The largest absolute Gasteiger partial charge is 0.493 e. The van der Waals surface area contributed by atoms with Gasteiger partial charge in [0.05, 0.1) is 18.4 Å². The van der Waals surface area contributed by atoms with Crippen LogP contribution in [0.3, 0.4) is 0 Å². The van der Waals surface area contributed by atoms with Gasteiger partial charge in [0.25, 0.3) is 0 Å². The van der Waals surface area contributed by atoms with E-state index in [1.54, 1.807) is 37.6 Å². The molecule has 5 heteroatoms. The van der Waals surface area contributed by atoms with Crippen LogP contribution in [-0.4, -0.2) is 24.4 Å². The predicted molar refractivity (Wildman–Crippen MR) is 123 cm³/mol. The standard InChI is InChI=1S/C26H27NO4/c1-4-18(2)20-12-14-23(15-13-20)27-16-22-6-5-7-24(30-3)25(22)31-17-19-8-10-21(11-9-19)26(28)29/h5-16,18H,4,17H2,1-3H3,(H,28,29)/t18-/m1/s1. The summed E-state index contributed by atoms with van der Waals surface area (Å²) in [6, 6.07) is 20.5. The van der Waals surface area contributed by atoms with Gasteiger partial charge >= 0.3 is 5.97 Å². The van der Waals surface area contributed by atoms with Crippen LogP contribution >= 0.6 is 0 Å². The SMILES string of the molecule is CC[C@@H](C)c1ccc(N=Cc2cccc(OC)c2OCc2ccc(C(=O)O)cc2)cc1. The fourth-order valence-electron chi connectivity index (χ4n) is 3.12. The van der Waals surface area contributed by atoms with Gasteiger partial charge < -0.3 is 14.6 Å². The maximum Gasteiger partial charge on any atom is 0.335 e. The highest BCUT2D eigenvalue weighted by Gasteiger charge is 2.10. The van der Waals surface area contributed by atoms with E-state index in [1.807, 2.05) is 30.3 Å². The van der Waals surface area contributed by atoms with Crippen molar-refractivity contribution in [2.24, 2.45) is 4.99 Å². The van der Waals surface area contributed by atoms with Crippen molar-refractivity contribution in [3.63, 3.8) is 0 Å². The Morgan fingerprint density at radius 3 is 2.39 bits per heavy atom. The summed E-state index contributed by atoms with van der Waals surface area (Å²) in [6.45, 7) is 4.68. The molecule has 5 nitrogen and oxygen atoms in total. The average Bonchev–Trinajstić information content (AvgIpc) is 2.81. The number of hydrogen-bond donors (Lipinski definition) is 1. The number of carbonyl (C=O) groups is 1. The monoisotopic (exact) mass is 417 g/mol. The van der Waals surface area contributed by atoms with Crippen LogP contribution in [0.5, 0.6) is 11.5 Å². The highest BCUT2D eigenvalue weighted by Crippen LogP contribution is 2.31. The Hall–Kier alpha value is -3.60. The molecule has 0 saturated heterocycles. The Labute approximate surface area is 183 Å². The third-order valence-corrected chi connectivity index (χ3v) is 5.24. The summed E-state index contributed by atoms with van der Waals surface area (Å²) in [7, 11) is 1.60. The minimum atomic E-state index is -0.951. The van der Waals surface area contributed by atoms with E-state index in [0.29, 0.717) is 17.4 Å². The lowest BCUT2D eigenvalue weighted by Gasteiger charge is -2.13. The van der Waals surface area contributed by atoms with Gasteiger partial charge in [-0.1, -0.05) is 44.2 Å². The normalized spacial score (nSPS) is 12.0. The Morgan fingerprint density at radius 2 is 1.77 bits per heavy atom. The molecule has 0 amide bonds. The lowest BCUT2D eigenvalue weighted by molar-refractivity contribution is 0.0697. The molecule has 3 aromatic rings. The fourth-order valence-corrected chi connectivity index (χ4v) is 3.12. The second kappa shape index (κ2) is 10.4. The van der Waals surface area contributed by atoms with E-state index in [-0.39, 0.29) is 12.2 Å². The molecule has 0 radical (unpaired) electrons. The number of carboxylic acid groups (broad SMARTS) is 1. The molecule has 3 aromatic carbocycles. The number of benzene rings is 3. The summed E-state index contributed by atoms with van der Waals surface area (Å²) in [4.78, 5) is 15.6. The first-order chi connectivity index (χ1) is 15.0. The van der Waals surface area contributed by atoms with Crippen LogP contribution in [-0.2, 0) is 6.61 Å². The number of aromatic carboxylic acids is 1. The Morgan fingerprint density at radius 1 is 1.06 bits per heavy atom. The van der Waals surface area contributed by atoms with E-state index in [0.717, 1.165) is 23.2 Å². The van der Waals surface area contributed by atoms with E-state index in [2.05, 4.69) is 31.0 Å². The summed E-state index contributed by atoms with van der Waals surface area (Å²) in [6.07, 6.45) is 2.87. The first-order valence-corrected chi connectivity index (χ1v) is 10.3. The third kappa shape index (κ3) is 5.72. The van der Waals surface area contributed by atoms with E-state index in [4.69, 9.17) is 14.6 Å². The summed E-state index contributed by atoms with van der Waals surface area (Å²) in [5.74, 6) is 0.777. The highest BCUT2D eigenvalue weighted by molar-refractivity contribution is 5.88. The summed E-state index contributed by atoms with van der Waals surface area (Å²) < 4.78 is 11.5. The van der Waals surface area contributed by atoms with Crippen molar-refractivity contribution in [1.29, 1.82) is 0 Å². The van der Waals surface area contributed by atoms with Crippen molar-refractivity contribution in [2.75, 3.05) is 7.11 Å². The van der Waals surface area contributed by atoms with Gasteiger partial charge in [0.15, 0.2) is 11.5 Å². The Balaban J connectivity index is 1.78.